The first-order valence-electron chi connectivity index (χ1n) is 37.4. The topological polar surface area (TPSA) is 363 Å². The Morgan fingerprint density at radius 3 is 1.63 bits per heavy atom. The summed E-state index contributed by atoms with van der Waals surface area (Å²) >= 11 is 5.35. The summed E-state index contributed by atoms with van der Waals surface area (Å²) in [6, 6.07) is 27.9. The number of thiocarbonyl (C=S) groups is 1. The van der Waals surface area contributed by atoms with Crippen molar-refractivity contribution in [3.8, 4) is 0 Å². The number of aliphatic hydroxyl groups is 3. The zero-order valence-corrected chi connectivity index (χ0v) is 68.4. The van der Waals surface area contributed by atoms with Crippen molar-refractivity contribution in [2.45, 2.75) is 85.6 Å². The van der Waals surface area contributed by atoms with Crippen LogP contribution in [-0.2, 0) is 107 Å². The fourth-order valence-electron chi connectivity index (χ4n) is 12.7. The van der Waals surface area contributed by atoms with Crippen molar-refractivity contribution in [1.82, 2.24) is 16.1 Å². The van der Waals surface area contributed by atoms with Crippen molar-refractivity contribution in [2.24, 2.45) is 39.7 Å². The lowest BCUT2D eigenvalue weighted by Crippen LogP contribution is -2.57. The molecule has 7 heterocycles. The predicted molar refractivity (Wildman–Crippen MR) is 426 cm³/mol. The molecule has 6 fully saturated rings. The number of hydrogen-bond acceptors (Lipinski definition) is 29. The van der Waals surface area contributed by atoms with E-state index in [1.165, 1.54) is 44.7 Å². The molecule has 4 aromatic carbocycles. The number of nitrogens with zero attached hydrogens (tertiary/aromatic N) is 2. The van der Waals surface area contributed by atoms with E-state index >= 15 is 0 Å². The molecule has 30 nitrogen and oxygen atoms in total. The number of hydroxylamine groups is 1. The van der Waals surface area contributed by atoms with Gasteiger partial charge in [0.2, 0.25) is 0 Å². The van der Waals surface area contributed by atoms with Gasteiger partial charge < -0.3 is 122 Å². The van der Waals surface area contributed by atoms with E-state index in [-0.39, 0.29) is 111 Å². The predicted octanol–water partition coefficient (Wildman–Crippen LogP) is 6.34. The van der Waals surface area contributed by atoms with Crippen LogP contribution in [0.25, 0.3) is 0 Å². The molecule has 0 aliphatic carbocycles. The van der Waals surface area contributed by atoms with Crippen LogP contribution in [0.4, 0.5) is 13.2 Å². The number of nitrogens with two attached hydrogens (primary N) is 1. The number of hydrogen-bond donors (Lipinski definition) is 8. The molecule has 11 rings (SSSR count). The van der Waals surface area contributed by atoms with Gasteiger partial charge in [0.1, 0.15) is 35.7 Å². The third-order valence-corrected chi connectivity index (χ3v) is 18.9. The average molecular weight is 1650 g/mol. The van der Waals surface area contributed by atoms with Crippen LogP contribution < -0.4 is 21.8 Å². The SMILES string of the molecule is C=C[C@@H](COC)OC/C=N/O.C=C[C@@H](COC)OCC(OCC)OCC.C=C[C@H](O)COC.COCC1OCC2=NOC[C@@H]21.COCC1OC[C@@](N)(c2ccccc2F)[C@@H]1CO.COCC1OC[C@@](NC(=S)NC(=O)c2ccccc2)(c2ccccc2F)[C@@H]1CO.COCC1OC[C@]2(c3ccccc3F)NOC[C@H]12.COC[C@@H]1CO1. The summed E-state index contributed by atoms with van der Waals surface area (Å²) in [7, 11) is 12.8. The molecule has 15 atom stereocenters. The second kappa shape index (κ2) is 56.6. The Bertz CT molecular complexity index is 3410. The van der Waals surface area contributed by atoms with Gasteiger partial charge in [-0.25, -0.2) is 13.2 Å². The smallest absolute Gasteiger partial charge is 0.257 e. The summed E-state index contributed by atoms with van der Waals surface area (Å²) in [5.41, 5.74) is 9.23. The first-order valence-corrected chi connectivity index (χ1v) is 37.8. The number of ether oxygens (including phenoxy) is 17. The van der Waals surface area contributed by atoms with Gasteiger partial charge in [0.25, 0.3) is 5.91 Å². The summed E-state index contributed by atoms with van der Waals surface area (Å²) in [5.74, 6) is -1.98. The van der Waals surface area contributed by atoms with Crippen molar-refractivity contribution >= 4 is 35.2 Å². The van der Waals surface area contributed by atoms with Crippen LogP contribution >= 0.6 is 12.2 Å². The molecule has 0 bridgehead atoms. The Labute approximate surface area is 678 Å². The Kier molecular flexibility index (Phi) is 49.5. The maximum Gasteiger partial charge on any atom is 0.257 e. The van der Waals surface area contributed by atoms with Crippen LogP contribution in [0.5, 0.6) is 0 Å². The standard InChI is InChI=1S/C21H23FN2O4S.C13H16FNO3.C13H18FNO3.C11H22O4.C7H11NO3.C7H13NO3.C5H10O2.C4H8O2/c1-27-12-18-16(11-25)21(13-28-18,15-9-5-6-10-17(15)22)24-20(29)23-19(26)14-7-3-2-4-8-14;1-16-7-12-10-6-18-15-13(10,8-17-12)9-4-2-3-5-11(9)14;1-17-7-12-10(6-16)13(15,8-18-12)9-4-2-3-5-11(9)14;1-5-10(8-12-4)15-9-11(13-6-2)14-7-3;1-9-4-7-5-2-11-8-6(5)3-10-7;1-3-7(6-10-2)11-5-4-8-9;1-3-5(6)4-7-2;1-5-2-4-3-6-4/h2-10,16,18,25H,11-13H2,1H3,(H2,23,24,26,29);2-5,10,12,15H,6-8H2,1H3;2-5,10,12,16H,6-8,15H2,1H3;5,10-11H,1,6-9H2,2-4H3;5,7H,2-4H2,1H3;3-4,7,9H,1,5-6H2,2H3;3,5-6H,1,4H2,2H3;4H,2-3H2,1H3/b;;;;;8-4+;;/t16-,18?,21-;2*10-,12?,13-;10-;5-,7?;7-;5-;4-/m11100001/s1. The number of epoxide rings is 1. The molecule has 4 unspecified atom stereocenters. The fraction of sp³-hybridized carbons (Fsp3) is 0.580. The monoisotopic (exact) mass is 1650 g/mol. The molecule has 34 heteroatoms. The van der Waals surface area contributed by atoms with Gasteiger partial charge in [-0.15, -0.1) is 19.7 Å². The fourth-order valence-corrected chi connectivity index (χ4v) is 13.0. The van der Waals surface area contributed by atoms with E-state index in [0.29, 0.717) is 120 Å². The number of carbonyl (C=O) groups excluding carboxylic acids is 1. The van der Waals surface area contributed by atoms with Crippen LogP contribution in [0.1, 0.15) is 40.9 Å². The van der Waals surface area contributed by atoms with Gasteiger partial charge in [-0.2, -0.15) is 5.48 Å². The van der Waals surface area contributed by atoms with Gasteiger partial charge in [0.15, 0.2) is 11.4 Å². The van der Waals surface area contributed by atoms with E-state index in [1.54, 1.807) is 134 Å². The molecule has 1 amide bonds. The maximum absolute atomic E-state index is 14.7. The first-order chi connectivity index (χ1) is 55.7. The van der Waals surface area contributed by atoms with E-state index in [2.05, 4.69) is 50.9 Å². The van der Waals surface area contributed by atoms with Crippen LogP contribution in [0, 0.1) is 41.1 Å². The van der Waals surface area contributed by atoms with Gasteiger partial charge in [-0.1, -0.05) is 101 Å². The van der Waals surface area contributed by atoms with E-state index in [9.17, 15) is 28.2 Å². The highest BCUT2D eigenvalue weighted by Gasteiger charge is 2.57. The highest BCUT2D eigenvalue weighted by Crippen LogP contribution is 2.45. The van der Waals surface area contributed by atoms with Crippen LogP contribution in [0.15, 0.2) is 151 Å². The van der Waals surface area contributed by atoms with Gasteiger partial charge in [-0.3, -0.25) is 10.1 Å². The molecular formula is C81H121F3N6O24S. The number of amides is 1. The zero-order chi connectivity index (χ0) is 84.4. The highest BCUT2D eigenvalue weighted by atomic mass is 32.1. The lowest BCUT2D eigenvalue weighted by Gasteiger charge is -2.37. The number of rotatable bonds is 36. The molecule has 115 heavy (non-hydrogen) atoms. The largest absolute Gasteiger partial charge is 0.411 e. The summed E-state index contributed by atoms with van der Waals surface area (Å²) in [4.78, 5) is 22.7. The third-order valence-electron chi connectivity index (χ3n) is 18.7. The van der Waals surface area contributed by atoms with E-state index in [0.717, 1.165) is 18.9 Å². The van der Waals surface area contributed by atoms with Crippen molar-refractivity contribution < 1.29 is 129 Å². The Morgan fingerprint density at radius 2 is 1.13 bits per heavy atom. The molecule has 0 aromatic heterocycles. The first kappa shape index (κ1) is 101. The van der Waals surface area contributed by atoms with Crippen LogP contribution in [0.3, 0.4) is 0 Å². The van der Waals surface area contributed by atoms with E-state index < -0.39 is 40.6 Å². The number of methoxy groups -OCH3 is 8. The average Bonchev–Trinajstić information content (AvgIpc) is 0.860. The Hall–Kier alpha value is -6.73. The summed E-state index contributed by atoms with van der Waals surface area (Å²) in [6.07, 6.45) is 4.69. The van der Waals surface area contributed by atoms with Crippen molar-refractivity contribution in [3.63, 3.8) is 0 Å². The minimum Gasteiger partial charge on any atom is -0.411 e. The molecule has 7 aliphatic rings. The molecule has 4 aromatic rings. The van der Waals surface area contributed by atoms with E-state index in [1.807, 2.05) is 19.9 Å². The number of fused-ring (bicyclic) bond motifs is 2. The van der Waals surface area contributed by atoms with Gasteiger partial charge >= 0.3 is 0 Å². The van der Waals surface area contributed by atoms with Gasteiger partial charge in [0, 0.05) is 110 Å². The lowest BCUT2D eigenvalue weighted by molar-refractivity contribution is -0.175. The molecule has 9 N–H and O–H groups in total. The van der Waals surface area contributed by atoms with Crippen molar-refractivity contribution in [1.29, 1.82) is 0 Å². The number of benzene rings is 4. The number of nitrogens with one attached hydrogen (secondary N) is 3. The number of aliphatic hydroxyl groups excluding tert-OH is 3. The van der Waals surface area contributed by atoms with Gasteiger partial charge in [0.05, 0.1) is 191 Å². The van der Waals surface area contributed by atoms with Gasteiger partial charge in [-0.05, 0) is 56.4 Å². The normalized spacial score (nSPS) is 25.1. The highest BCUT2D eigenvalue weighted by molar-refractivity contribution is 7.80. The van der Waals surface area contributed by atoms with Crippen LogP contribution in [-0.4, -0.2) is 294 Å². The molecular weight excluding hydrogens is 1530 g/mol. The Balaban J connectivity index is 0.000000289. The number of halogens is 3. The maximum atomic E-state index is 14.7. The molecule has 6 saturated heterocycles. The second-order valence-electron chi connectivity index (χ2n) is 26.4. The minimum absolute atomic E-state index is 0.0159. The van der Waals surface area contributed by atoms with Crippen molar-refractivity contribution in [2.75, 3.05) is 196 Å². The lowest BCUT2D eigenvalue weighted by atomic mass is 9.78. The summed E-state index contributed by atoms with van der Waals surface area (Å²) < 4.78 is 131. The van der Waals surface area contributed by atoms with Crippen molar-refractivity contribution in [3.05, 3.63) is 181 Å². The molecule has 646 valence electrons. The minimum atomic E-state index is -1.16. The number of oxime groups is 2. The molecule has 0 radical (unpaired) electrons. The van der Waals surface area contributed by atoms with Crippen LogP contribution in [0.2, 0.25) is 0 Å². The molecule has 0 spiro atoms. The zero-order valence-electron chi connectivity index (χ0n) is 67.6. The third kappa shape index (κ3) is 32.2. The molecule has 0 saturated carbocycles. The molecule has 7 aliphatic heterocycles. The Morgan fingerprint density at radius 1 is 0.617 bits per heavy atom. The second-order valence-corrected chi connectivity index (χ2v) is 26.8. The summed E-state index contributed by atoms with van der Waals surface area (Å²) in [6.45, 7) is 22.8. The summed E-state index contributed by atoms with van der Waals surface area (Å²) in [5, 5.41) is 48.6. The number of carbonyl (C=O) groups is 1. The van der Waals surface area contributed by atoms with E-state index in [4.69, 9.17) is 114 Å². The quantitative estimate of drug-likeness (QED) is 0.00468.